The first-order valence-electron chi connectivity index (χ1n) is 38.7. The summed E-state index contributed by atoms with van der Waals surface area (Å²) in [7, 11) is -2.16. The topological polar surface area (TPSA) is 527 Å². The predicted octanol–water partition coefficient (Wildman–Crippen LogP) is 1.48. The first kappa shape index (κ1) is 95.1. The lowest BCUT2D eigenvalue weighted by Crippen LogP contribution is -2.59. The number of aliphatic hydroxyl groups excluding tert-OH is 1. The molecule has 0 aliphatic carbocycles. The van der Waals surface area contributed by atoms with Crippen LogP contribution in [0, 0.1) is 17.8 Å². The Balaban J connectivity index is 1.37. The lowest BCUT2D eigenvalue weighted by molar-refractivity contribution is -0.140. The van der Waals surface area contributed by atoms with E-state index in [1.807, 2.05) is 55.4 Å². The van der Waals surface area contributed by atoms with E-state index in [4.69, 9.17) is 22.9 Å². The number of hydrogen-bond acceptors (Lipinski definition) is 16. The van der Waals surface area contributed by atoms with Crippen LogP contribution in [0.25, 0.3) is 10.9 Å². The van der Waals surface area contributed by atoms with Crippen molar-refractivity contribution in [2.45, 2.75) is 251 Å². The Morgan fingerprint density at radius 1 is 0.584 bits per heavy atom. The Bertz CT molecular complexity index is 3860. The highest BCUT2D eigenvalue weighted by Gasteiger charge is 2.56. The van der Waals surface area contributed by atoms with E-state index in [0.717, 1.165) is 10.5 Å². The van der Waals surface area contributed by atoms with Crippen molar-refractivity contribution < 1.29 is 71.5 Å². The molecule has 21 N–H and O–H groups in total. The molecule has 2 aromatic heterocycles. The van der Waals surface area contributed by atoms with E-state index in [0.29, 0.717) is 53.2 Å². The SMILES string of the molecule is CC(C)C[C@H](NC(=O)C[C@H](O)C(NC(=O)[C@H](Cc1cnc[nH]1)NC(=O)CN(C)C(=O)[C@@H](NC(=O)[C@H](C)NC(=O)[C@H](Cc1c[nH]c2ccccc12)NC(=O)[C@H](CCC(N)=O)NC(=O)CCCCNC(=O)[C@H](CCCN=C(N)N)NC(=O)CCCCNC(=O)Cc1ccc([Si]([18F])(C(C)(C)C)C(C)(C)C)cc1)C(C)C)C(C)C)C(N)=O. The number of carbonyl (C=O) groups is 13. The number of carbonyl (C=O) groups excluding carboxylic acids is 13. The van der Waals surface area contributed by atoms with Crippen molar-refractivity contribution >= 4 is 107 Å². The van der Waals surface area contributed by atoms with Gasteiger partial charge >= 0.3 is 0 Å². The summed E-state index contributed by atoms with van der Waals surface area (Å²) in [6.07, 6.45) is 3.75. The number of para-hydroxylation sites is 1. The number of H-pyrrole nitrogens is 2. The van der Waals surface area contributed by atoms with Gasteiger partial charge in [-0.2, -0.15) is 0 Å². The minimum absolute atomic E-state index is 0.0141. The van der Waals surface area contributed by atoms with Crippen LogP contribution >= 0.6 is 0 Å². The zero-order chi connectivity index (χ0) is 84.7. The summed E-state index contributed by atoms with van der Waals surface area (Å²) in [5.41, 5.74) is 24.5. The number of benzene rings is 2. The van der Waals surface area contributed by atoms with Gasteiger partial charge in [0.1, 0.15) is 42.3 Å². The van der Waals surface area contributed by atoms with Crippen LogP contribution in [0.2, 0.25) is 10.1 Å². The van der Waals surface area contributed by atoms with Crippen molar-refractivity contribution in [1.82, 2.24) is 73.0 Å². The van der Waals surface area contributed by atoms with Crippen molar-refractivity contribution in [3.8, 4) is 0 Å². The van der Waals surface area contributed by atoms with Crippen LogP contribution in [0.15, 0.2) is 72.2 Å². The predicted molar refractivity (Wildman–Crippen MR) is 430 cm³/mol. The normalized spacial score (nSPS) is 14.2. The Morgan fingerprint density at radius 3 is 1.71 bits per heavy atom. The molecule has 2 heterocycles. The fourth-order valence-electron chi connectivity index (χ4n) is 13.4. The molecule has 0 aliphatic rings. The zero-order valence-corrected chi connectivity index (χ0v) is 69.0. The number of rotatable bonds is 48. The number of primary amides is 2. The summed E-state index contributed by atoms with van der Waals surface area (Å²) in [6, 6.07) is 4.59. The van der Waals surface area contributed by atoms with Crippen LogP contribution < -0.4 is 81.3 Å². The molecule has 0 saturated heterocycles. The fourth-order valence-corrected chi connectivity index (χ4v) is 18.0. The number of aromatic nitrogens is 3. The number of aromatic amines is 2. The first-order valence-corrected chi connectivity index (χ1v) is 40.6. The highest BCUT2D eigenvalue weighted by molar-refractivity contribution is 6.90. The molecule has 2 aromatic carbocycles. The molecule has 0 aliphatic heterocycles. The monoisotopic (exact) mass is 1600 g/mol. The fraction of sp³-hybridized carbons (Fsp3) is 0.603. The van der Waals surface area contributed by atoms with E-state index in [2.05, 4.69) is 73.1 Å². The van der Waals surface area contributed by atoms with Crippen molar-refractivity contribution in [3.63, 3.8) is 0 Å². The van der Waals surface area contributed by atoms with Gasteiger partial charge in [0.2, 0.25) is 76.8 Å². The molecule has 0 radical (unpaired) electrons. The second-order valence-electron chi connectivity index (χ2n) is 32.2. The number of unbranched alkanes of at least 4 members (excludes halogenated alkanes) is 2. The van der Waals surface area contributed by atoms with E-state index in [1.54, 1.807) is 82.4 Å². The molecular weight excluding hydrogens is 1470 g/mol. The number of hydrogen-bond donors (Lipinski definition) is 17. The maximum absolute atomic E-state index is 16.8. The number of halogens is 1. The van der Waals surface area contributed by atoms with E-state index in [1.165, 1.54) is 26.5 Å². The molecule has 113 heavy (non-hydrogen) atoms. The lowest BCUT2D eigenvalue weighted by atomic mass is 9.95. The first-order chi connectivity index (χ1) is 52.9. The molecule has 0 fully saturated rings. The standard InChI is InChI=1S/C78H124FN19O14Si/c1-45(2)36-57(69(81)106)93-65(104)40-60(99)67(46(3)4)96-74(111)59(39-51-42-84-44-89-51)94-66(105)43-98(14)75(112)68(47(5)6)97-70(107)48(7)90-73(110)58(38-50-41-88-54-23-16-15-22-53(50)54)95-72(109)56(31-32-61(80)100)92-63(102)26-18-20-34-86-71(108)55(24-21-35-87-76(82)83)91-62(101)25-17-19-33-85-64(103)37-49-27-29-52(30-28-49)113(79,77(8,9)10)78(11,12)13/h15-16,22-23,27-30,41-42,44-48,55-60,67-68,88,99H,17-21,24-26,31-40,43H2,1-14H3,(H2,80,100)(H2,81,106)(H,84,89)(H,85,103)(H,86,108)(H,90,110)(H,91,101)(H,92,102)(H,93,104)(H,94,105)(H,95,109)(H,96,111)(H,97,107)(H4,82,83,87)/t48-,55-,56-,57-,58-,59-,60-,67?,68-/m0/s1/i79-1. The lowest BCUT2D eigenvalue weighted by Gasteiger charge is -2.44. The molecule has 13 amide bonds. The molecule has 0 saturated carbocycles. The molecule has 33 nitrogen and oxygen atoms in total. The number of fused-ring (bicyclic) bond motifs is 1. The smallest absolute Gasteiger partial charge is 0.288 e. The number of aliphatic hydroxyl groups is 1. The number of nitrogens with zero attached hydrogens (tertiary/aromatic N) is 3. The van der Waals surface area contributed by atoms with Crippen LogP contribution in [-0.2, 0) is 81.6 Å². The van der Waals surface area contributed by atoms with Crippen LogP contribution in [0.5, 0.6) is 0 Å². The summed E-state index contributed by atoms with van der Waals surface area (Å²) in [5, 5.41) is 38.6. The summed E-state index contributed by atoms with van der Waals surface area (Å²) < 4.78 is 16.8. The summed E-state index contributed by atoms with van der Waals surface area (Å²) >= 11 is 0. The number of guanidine groups is 1. The number of imidazole rings is 1. The van der Waals surface area contributed by atoms with Crippen molar-refractivity contribution in [3.05, 3.63) is 84.1 Å². The third-order valence-electron chi connectivity index (χ3n) is 19.3. The van der Waals surface area contributed by atoms with Gasteiger partial charge in [-0.05, 0) is 109 Å². The van der Waals surface area contributed by atoms with E-state index < -0.39 is 169 Å². The van der Waals surface area contributed by atoms with Gasteiger partial charge in [0.15, 0.2) is 5.96 Å². The molecular formula is C78H124FN19O14Si. The molecule has 4 aromatic rings. The van der Waals surface area contributed by atoms with Gasteiger partial charge in [0.25, 0.3) is 8.41 Å². The highest BCUT2D eigenvalue weighted by Crippen LogP contribution is 2.51. The molecule has 0 bridgehead atoms. The van der Waals surface area contributed by atoms with Crippen molar-refractivity contribution in [1.29, 1.82) is 0 Å². The van der Waals surface area contributed by atoms with Gasteiger partial charge in [-0.25, -0.2) is 4.98 Å². The van der Waals surface area contributed by atoms with Crippen molar-refractivity contribution in [2.24, 2.45) is 45.7 Å². The van der Waals surface area contributed by atoms with Gasteiger partial charge in [-0.3, -0.25) is 67.3 Å². The number of nitrogens with one attached hydrogen (secondary N) is 12. The minimum Gasteiger partial charge on any atom is -0.390 e. The summed E-state index contributed by atoms with van der Waals surface area (Å²) in [6.45, 7) is 23.3. The van der Waals surface area contributed by atoms with Gasteiger partial charge in [0, 0.05) is 87.8 Å². The number of aliphatic imine (C=N–C) groups is 1. The average Bonchev–Trinajstić information content (AvgIpc) is 1.14. The second kappa shape index (κ2) is 45.4. The third-order valence-corrected chi connectivity index (χ3v) is 24.6. The number of amides is 13. The summed E-state index contributed by atoms with van der Waals surface area (Å²) in [5.74, 6) is -9.94. The van der Waals surface area contributed by atoms with E-state index in [9.17, 15) is 67.4 Å². The highest BCUT2D eigenvalue weighted by atomic mass is 28.4. The number of nitrogens with two attached hydrogens (primary N) is 4. The Morgan fingerprint density at radius 2 is 1.15 bits per heavy atom. The summed E-state index contributed by atoms with van der Waals surface area (Å²) in [4.78, 5) is 191. The van der Waals surface area contributed by atoms with Gasteiger partial charge in [-0.15, -0.1) is 0 Å². The molecule has 9 atom stereocenters. The van der Waals surface area contributed by atoms with Crippen LogP contribution in [0.1, 0.15) is 184 Å². The van der Waals surface area contributed by atoms with Gasteiger partial charge in [0.05, 0.1) is 37.9 Å². The molecule has 1 unspecified atom stereocenters. The van der Waals surface area contributed by atoms with Gasteiger partial charge < -0.3 is 100 Å². The van der Waals surface area contributed by atoms with Crippen LogP contribution in [-0.4, -0.2) is 204 Å². The quantitative estimate of drug-likeness (QED) is 0.00979. The molecule has 626 valence electrons. The third kappa shape index (κ3) is 31.6. The Hall–Kier alpha value is -10.3. The molecule has 35 heteroatoms. The average molecular weight is 1600 g/mol. The Kier molecular flexibility index (Phi) is 38.2. The maximum atomic E-state index is 16.8. The largest absolute Gasteiger partial charge is 0.390 e. The molecule has 0 spiro atoms. The maximum Gasteiger partial charge on any atom is 0.288 e. The zero-order valence-electron chi connectivity index (χ0n) is 68.0. The van der Waals surface area contributed by atoms with Crippen LogP contribution in [0.3, 0.4) is 0 Å². The van der Waals surface area contributed by atoms with Crippen molar-refractivity contribution in [2.75, 3.05) is 33.2 Å². The minimum atomic E-state index is -3.47. The van der Waals surface area contributed by atoms with Gasteiger partial charge in [-0.1, -0.05) is 126 Å². The molecule has 4 rings (SSSR count). The number of likely N-dealkylation sites (N-methyl/N-ethyl adjacent to an activating group) is 1. The van der Waals surface area contributed by atoms with E-state index in [-0.39, 0.29) is 102 Å². The van der Waals surface area contributed by atoms with Crippen LogP contribution in [0.4, 0.5) is 4.11 Å². The second-order valence-corrected chi connectivity index (χ2v) is 37.1. The van der Waals surface area contributed by atoms with E-state index >= 15 is 4.11 Å². The Labute approximate surface area is 662 Å².